The van der Waals surface area contributed by atoms with Crippen LogP contribution in [-0.4, -0.2) is 22.2 Å². The van der Waals surface area contributed by atoms with Gasteiger partial charge in [-0.3, -0.25) is 4.79 Å². The first-order valence-electron chi connectivity index (χ1n) is 9.89. The van der Waals surface area contributed by atoms with Crippen LogP contribution in [0.2, 0.25) is 0 Å². The smallest absolute Gasteiger partial charge is 0.224 e. The molecule has 146 valence electrons. The summed E-state index contributed by atoms with van der Waals surface area (Å²) in [5.41, 5.74) is 7.93. The Balaban J connectivity index is 1.54. The molecule has 1 N–H and O–H groups in total. The molecule has 0 bridgehead atoms. The van der Waals surface area contributed by atoms with Gasteiger partial charge in [0.25, 0.3) is 0 Å². The van der Waals surface area contributed by atoms with E-state index in [0.717, 1.165) is 35.5 Å². The van der Waals surface area contributed by atoms with Crippen LogP contribution in [0.5, 0.6) is 0 Å². The summed E-state index contributed by atoms with van der Waals surface area (Å²) in [6.07, 6.45) is 2.29. The Kier molecular flexibility index (Phi) is 6.30. The molecule has 0 fully saturated rings. The molecule has 2 aromatic carbocycles. The number of nitrogens with zero attached hydrogens (tertiary/aromatic N) is 2. The van der Waals surface area contributed by atoms with Crippen LogP contribution in [-0.2, 0) is 17.6 Å². The van der Waals surface area contributed by atoms with Gasteiger partial charge in [-0.2, -0.15) is 5.10 Å². The second kappa shape index (κ2) is 8.87. The summed E-state index contributed by atoms with van der Waals surface area (Å²) < 4.78 is 1.91. The van der Waals surface area contributed by atoms with E-state index in [1.165, 1.54) is 16.7 Å². The molecule has 1 amide bonds. The van der Waals surface area contributed by atoms with Crippen molar-refractivity contribution in [2.45, 2.75) is 47.0 Å². The van der Waals surface area contributed by atoms with Gasteiger partial charge in [-0.15, -0.1) is 0 Å². The highest BCUT2D eigenvalue weighted by Crippen LogP contribution is 2.18. The molecule has 1 aromatic heterocycles. The van der Waals surface area contributed by atoms with Crippen molar-refractivity contribution in [2.24, 2.45) is 0 Å². The van der Waals surface area contributed by atoms with Crippen LogP contribution >= 0.6 is 0 Å². The molecular weight excluding hydrogens is 346 g/mol. The van der Waals surface area contributed by atoms with Crippen LogP contribution in [0.15, 0.2) is 48.5 Å². The van der Waals surface area contributed by atoms with E-state index in [-0.39, 0.29) is 5.91 Å². The summed E-state index contributed by atoms with van der Waals surface area (Å²) in [6, 6.07) is 16.6. The Morgan fingerprint density at radius 3 is 2.50 bits per heavy atom. The number of aromatic nitrogens is 2. The van der Waals surface area contributed by atoms with E-state index in [1.54, 1.807) is 0 Å². The zero-order valence-electron chi connectivity index (χ0n) is 17.2. The molecule has 0 atom stereocenters. The lowest BCUT2D eigenvalue weighted by Crippen LogP contribution is -2.26. The number of rotatable bonds is 7. The van der Waals surface area contributed by atoms with Crippen molar-refractivity contribution >= 4 is 5.91 Å². The Morgan fingerprint density at radius 1 is 1.04 bits per heavy atom. The zero-order chi connectivity index (χ0) is 20.1. The van der Waals surface area contributed by atoms with Crippen LogP contribution in [0.3, 0.4) is 0 Å². The van der Waals surface area contributed by atoms with Crippen LogP contribution in [0.1, 0.15) is 40.1 Å². The summed E-state index contributed by atoms with van der Waals surface area (Å²) in [5, 5.41) is 7.68. The fourth-order valence-electron chi connectivity index (χ4n) is 3.61. The van der Waals surface area contributed by atoms with Gasteiger partial charge in [-0.05, 0) is 63.8 Å². The summed E-state index contributed by atoms with van der Waals surface area (Å²) in [6.45, 7) is 8.94. The van der Waals surface area contributed by atoms with Crippen molar-refractivity contribution < 1.29 is 4.79 Å². The predicted octanol–water partition coefficient (Wildman–Crippen LogP) is 4.40. The fourth-order valence-corrected chi connectivity index (χ4v) is 3.61. The third kappa shape index (κ3) is 4.69. The molecule has 0 aliphatic carbocycles. The normalized spacial score (nSPS) is 10.9. The van der Waals surface area contributed by atoms with Gasteiger partial charge in [0.05, 0.1) is 17.8 Å². The van der Waals surface area contributed by atoms with Gasteiger partial charge < -0.3 is 5.32 Å². The molecular formula is C24H29N3O. The molecule has 3 aromatic rings. The first kappa shape index (κ1) is 19.9. The van der Waals surface area contributed by atoms with E-state index in [2.05, 4.69) is 42.5 Å². The molecule has 0 aliphatic rings. The first-order chi connectivity index (χ1) is 13.5. The monoisotopic (exact) mass is 375 g/mol. The molecule has 28 heavy (non-hydrogen) atoms. The van der Waals surface area contributed by atoms with Crippen molar-refractivity contribution in [3.63, 3.8) is 0 Å². The molecule has 1 heterocycles. The lowest BCUT2D eigenvalue weighted by atomic mass is 10.0. The lowest BCUT2D eigenvalue weighted by Gasteiger charge is -2.09. The highest BCUT2D eigenvalue weighted by atomic mass is 16.1. The third-order valence-corrected chi connectivity index (χ3v) is 5.22. The van der Waals surface area contributed by atoms with E-state index >= 15 is 0 Å². The molecule has 0 saturated carbocycles. The van der Waals surface area contributed by atoms with E-state index in [0.29, 0.717) is 13.0 Å². The van der Waals surface area contributed by atoms with E-state index < -0.39 is 0 Å². The average molecular weight is 376 g/mol. The van der Waals surface area contributed by atoms with Gasteiger partial charge in [0.2, 0.25) is 5.91 Å². The molecule has 0 unspecified atom stereocenters. The summed E-state index contributed by atoms with van der Waals surface area (Å²) in [4.78, 5) is 12.4. The van der Waals surface area contributed by atoms with Crippen molar-refractivity contribution in [1.29, 1.82) is 0 Å². The van der Waals surface area contributed by atoms with E-state index in [4.69, 9.17) is 0 Å². The number of carbonyl (C=O) groups excluding carboxylic acids is 1. The van der Waals surface area contributed by atoms with Gasteiger partial charge in [0.15, 0.2) is 0 Å². The van der Waals surface area contributed by atoms with Gasteiger partial charge in [-0.25, -0.2) is 4.68 Å². The number of carbonyl (C=O) groups is 1. The number of amides is 1. The Labute approximate surface area is 167 Å². The second-order valence-corrected chi connectivity index (χ2v) is 7.46. The van der Waals surface area contributed by atoms with Crippen LogP contribution in [0.25, 0.3) is 5.69 Å². The van der Waals surface area contributed by atoms with Crippen molar-refractivity contribution in [3.05, 3.63) is 82.2 Å². The van der Waals surface area contributed by atoms with Crippen molar-refractivity contribution in [3.8, 4) is 5.69 Å². The maximum absolute atomic E-state index is 12.4. The molecule has 3 rings (SSSR count). The summed E-state index contributed by atoms with van der Waals surface area (Å²) in [7, 11) is 0. The zero-order valence-corrected chi connectivity index (χ0v) is 17.2. The lowest BCUT2D eigenvalue weighted by molar-refractivity contribution is -0.120. The largest absolute Gasteiger partial charge is 0.356 e. The highest BCUT2D eigenvalue weighted by molar-refractivity contribution is 5.79. The number of hydrogen-bond donors (Lipinski definition) is 1. The molecule has 0 spiro atoms. The van der Waals surface area contributed by atoms with E-state index in [9.17, 15) is 4.79 Å². The van der Waals surface area contributed by atoms with Crippen molar-refractivity contribution in [1.82, 2.24) is 15.1 Å². The fraction of sp³-hybridized carbons (Fsp3) is 0.333. The summed E-state index contributed by atoms with van der Waals surface area (Å²) in [5.74, 6) is 0.0550. The van der Waals surface area contributed by atoms with Gasteiger partial charge in [0.1, 0.15) is 0 Å². The quantitative estimate of drug-likeness (QED) is 0.622. The van der Waals surface area contributed by atoms with Gasteiger partial charge >= 0.3 is 0 Å². The predicted molar refractivity (Wildman–Crippen MR) is 114 cm³/mol. The molecule has 0 radical (unpaired) electrons. The van der Waals surface area contributed by atoms with Crippen LogP contribution < -0.4 is 5.32 Å². The minimum absolute atomic E-state index is 0.0550. The molecule has 0 saturated heterocycles. The topological polar surface area (TPSA) is 46.9 Å². The van der Waals surface area contributed by atoms with Gasteiger partial charge in [-0.1, -0.05) is 42.0 Å². The standard InChI is InChI=1S/C24H29N3O/c1-17-12-13-21(18(2)15-17)9-8-14-25-24(28)16-23-19(3)26-27(20(23)4)22-10-6-5-7-11-22/h5-7,10-13,15H,8-9,14,16H2,1-4H3,(H,25,28). The Hall–Kier alpha value is -2.88. The van der Waals surface area contributed by atoms with E-state index in [1.807, 2.05) is 48.9 Å². The number of nitrogens with one attached hydrogen (secondary N) is 1. The SMILES string of the molecule is Cc1ccc(CCCNC(=O)Cc2c(C)nn(-c3ccccc3)c2C)c(C)c1. The Morgan fingerprint density at radius 2 is 1.79 bits per heavy atom. The third-order valence-electron chi connectivity index (χ3n) is 5.22. The second-order valence-electron chi connectivity index (χ2n) is 7.46. The number of aryl methyl sites for hydroxylation is 4. The van der Waals surface area contributed by atoms with Crippen LogP contribution in [0.4, 0.5) is 0 Å². The molecule has 4 nitrogen and oxygen atoms in total. The van der Waals surface area contributed by atoms with Gasteiger partial charge in [0, 0.05) is 17.8 Å². The minimum Gasteiger partial charge on any atom is -0.356 e. The Bertz CT molecular complexity index is 957. The average Bonchev–Trinajstić information content (AvgIpc) is 2.95. The summed E-state index contributed by atoms with van der Waals surface area (Å²) >= 11 is 0. The van der Waals surface area contributed by atoms with Crippen molar-refractivity contribution in [2.75, 3.05) is 6.54 Å². The first-order valence-corrected chi connectivity index (χ1v) is 9.89. The maximum atomic E-state index is 12.4. The number of hydrogen-bond acceptors (Lipinski definition) is 2. The number of para-hydroxylation sites is 1. The molecule has 4 heteroatoms. The minimum atomic E-state index is 0.0550. The molecule has 0 aliphatic heterocycles. The number of benzene rings is 2. The highest BCUT2D eigenvalue weighted by Gasteiger charge is 2.15. The maximum Gasteiger partial charge on any atom is 0.224 e. The van der Waals surface area contributed by atoms with Crippen LogP contribution in [0, 0.1) is 27.7 Å².